The van der Waals surface area contributed by atoms with Crippen LogP contribution in [-0.2, 0) is 0 Å². The Labute approximate surface area is 106 Å². The second kappa shape index (κ2) is 4.91. The van der Waals surface area contributed by atoms with Gasteiger partial charge in [-0.1, -0.05) is 17.7 Å². The van der Waals surface area contributed by atoms with Crippen molar-refractivity contribution >= 4 is 17.7 Å². The molecule has 0 radical (unpaired) electrons. The zero-order chi connectivity index (χ0) is 13.1. The molecule has 0 aliphatic rings. The molecule has 18 heavy (non-hydrogen) atoms. The molecule has 1 aromatic heterocycles. The summed E-state index contributed by atoms with van der Waals surface area (Å²) < 4.78 is 0. The molecule has 0 spiro atoms. The molecule has 0 bridgehead atoms. The quantitative estimate of drug-likeness (QED) is 0.868. The summed E-state index contributed by atoms with van der Waals surface area (Å²) in [7, 11) is 3.80. The Hall–Kier alpha value is -2.30. The van der Waals surface area contributed by atoms with Crippen LogP contribution in [0.4, 0.5) is 11.8 Å². The number of aryl methyl sites for hydroxylation is 1. The van der Waals surface area contributed by atoms with Crippen LogP contribution in [0.3, 0.4) is 0 Å². The molecule has 0 atom stereocenters. The van der Waals surface area contributed by atoms with Crippen LogP contribution in [0.1, 0.15) is 15.9 Å². The molecule has 0 unspecified atom stereocenters. The van der Waals surface area contributed by atoms with E-state index in [4.69, 9.17) is 0 Å². The van der Waals surface area contributed by atoms with Crippen LogP contribution >= 0.6 is 0 Å². The lowest BCUT2D eigenvalue weighted by Crippen LogP contribution is -2.13. The van der Waals surface area contributed by atoms with Crippen LogP contribution in [0.2, 0.25) is 0 Å². The predicted octanol–water partition coefficient (Wildman–Crippen LogP) is 2.04. The van der Waals surface area contributed by atoms with Gasteiger partial charge in [0.1, 0.15) is 5.82 Å². The number of rotatable bonds is 3. The number of nitrogens with zero attached hydrogens (tertiary/aromatic N) is 2. The zero-order valence-corrected chi connectivity index (χ0v) is 10.7. The summed E-state index contributed by atoms with van der Waals surface area (Å²) in [6.45, 7) is 1.95. The fourth-order valence-corrected chi connectivity index (χ4v) is 1.57. The molecule has 1 aromatic carbocycles. The maximum Gasteiger partial charge on any atom is 0.257 e. The number of carbonyl (C=O) groups excluding carboxylic acids is 1. The van der Waals surface area contributed by atoms with Crippen LogP contribution < -0.4 is 10.2 Å². The van der Waals surface area contributed by atoms with Gasteiger partial charge >= 0.3 is 0 Å². The molecule has 2 rings (SSSR count). The van der Waals surface area contributed by atoms with Crippen molar-refractivity contribution in [2.75, 3.05) is 24.3 Å². The largest absolute Gasteiger partial charge is 0.363 e. The van der Waals surface area contributed by atoms with E-state index in [0.717, 1.165) is 11.4 Å². The molecule has 0 saturated carbocycles. The minimum atomic E-state index is -0.168. The molecule has 5 heteroatoms. The third kappa shape index (κ3) is 2.68. The molecule has 1 heterocycles. The minimum Gasteiger partial charge on any atom is -0.363 e. The lowest BCUT2D eigenvalue weighted by molar-refractivity contribution is 0.102. The van der Waals surface area contributed by atoms with E-state index in [1.54, 1.807) is 12.3 Å². The standard InChI is InChI=1S/C13H16N4O/c1-9-5-4-6-10(7-9)12(18)16-13-14-8-11(15-13)17(2)3/h4-8H,1-3H3,(H2,14,15,16,18). The summed E-state index contributed by atoms with van der Waals surface area (Å²) in [5.41, 5.74) is 1.67. The fourth-order valence-electron chi connectivity index (χ4n) is 1.57. The van der Waals surface area contributed by atoms with Gasteiger partial charge < -0.3 is 9.88 Å². The number of hydrogen-bond donors (Lipinski definition) is 2. The van der Waals surface area contributed by atoms with Crippen molar-refractivity contribution in [3.05, 3.63) is 41.6 Å². The van der Waals surface area contributed by atoms with Gasteiger partial charge in [-0.3, -0.25) is 10.1 Å². The van der Waals surface area contributed by atoms with Crippen LogP contribution in [0.5, 0.6) is 0 Å². The van der Waals surface area contributed by atoms with E-state index >= 15 is 0 Å². The molecule has 94 valence electrons. The zero-order valence-electron chi connectivity index (χ0n) is 10.7. The van der Waals surface area contributed by atoms with Crippen molar-refractivity contribution in [3.8, 4) is 0 Å². The van der Waals surface area contributed by atoms with Crippen molar-refractivity contribution in [3.63, 3.8) is 0 Å². The summed E-state index contributed by atoms with van der Waals surface area (Å²) in [6, 6.07) is 7.43. The third-order valence-electron chi connectivity index (χ3n) is 2.56. The SMILES string of the molecule is Cc1cccc(C(=O)Nc2ncc(N(C)C)[nH]2)c1. The highest BCUT2D eigenvalue weighted by atomic mass is 16.1. The van der Waals surface area contributed by atoms with E-state index in [-0.39, 0.29) is 5.91 Å². The Morgan fingerprint density at radius 2 is 2.17 bits per heavy atom. The number of H-pyrrole nitrogens is 1. The number of anilines is 2. The molecular weight excluding hydrogens is 228 g/mol. The third-order valence-corrected chi connectivity index (χ3v) is 2.56. The first-order valence-electron chi connectivity index (χ1n) is 5.66. The molecule has 5 nitrogen and oxygen atoms in total. The number of aromatic amines is 1. The Morgan fingerprint density at radius 3 is 2.78 bits per heavy atom. The normalized spacial score (nSPS) is 10.2. The summed E-state index contributed by atoms with van der Waals surface area (Å²) in [6.07, 6.45) is 1.67. The first kappa shape index (κ1) is 12.2. The van der Waals surface area contributed by atoms with Gasteiger partial charge in [0, 0.05) is 19.7 Å². The van der Waals surface area contributed by atoms with Gasteiger partial charge in [0.2, 0.25) is 5.95 Å². The summed E-state index contributed by atoms with van der Waals surface area (Å²) in [5.74, 6) is 1.12. The minimum absolute atomic E-state index is 0.168. The van der Waals surface area contributed by atoms with Crippen LogP contribution in [-0.4, -0.2) is 30.0 Å². The summed E-state index contributed by atoms with van der Waals surface area (Å²) >= 11 is 0. The smallest absolute Gasteiger partial charge is 0.257 e. The number of benzene rings is 1. The molecule has 2 aromatic rings. The lowest BCUT2D eigenvalue weighted by atomic mass is 10.1. The Balaban J connectivity index is 2.11. The first-order chi connectivity index (χ1) is 8.56. The van der Waals surface area contributed by atoms with Gasteiger partial charge in [0.25, 0.3) is 5.91 Å². The molecule has 0 fully saturated rings. The Bertz CT molecular complexity index is 560. The van der Waals surface area contributed by atoms with E-state index in [9.17, 15) is 4.79 Å². The van der Waals surface area contributed by atoms with E-state index in [1.165, 1.54) is 0 Å². The monoisotopic (exact) mass is 244 g/mol. The number of carbonyl (C=O) groups is 1. The highest BCUT2D eigenvalue weighted by Gasteiger charge is 2.08. The van der Waals surface area contributed by atoms with E-state index in [0.29, 0.717) is 11.5 Å². The van der Waals surface area contributed by atoms with Crippen molar-refractivity contribution < 1.29 is 4.79 Å². The second-order valence-corrected chi connectivity index (χ2v) is 4.34. The molecule has 0 aliphatic heterocycles. The summed E-state index contributed by atoms with van der Waals surface area (Å²) in [4.78, 5) is 21.0. The van der Waals surface area contributed by atoms with Gasteiger partial charge in [-0.25, -0.2) is 4.98 Å². The van der Waals surface area contributed by atoms with Crippen LogP contribution in [0.25, 0.3) is 0 Å². The van der Waals surface area contributed by atoms with Gasteiger partial charge in [-0.15, -0.1) is 0 Å². The first-order valence-corrected chi connectivity index (χ1v) is 5.66. The lowest BCUT2D eigenvalue weighted by Gasteiger charge is -2.07. The molecule has 0 aliphatic carbocycles. The van der Waals surface area contributed by atoms with Crippen molar-refractivity contribution in [2.24, 2.45) is 0 Å². The molecule has 1 amide bonds. The van der Waals surface area contributed by atoms with Crippen molar-refractivity contribution in [2.45, 2.75) is 6.92 Å². The fraction of sp³-hybridized carbons (Fsp3) is 0.231. The predicted molar refractivity (Wildman–Crippen MR) is 72.0 cm³/mol. The van der Waals surface area contributed by atoms with E-state index < -0.39 is 0 Å². The second-order valence-electron chi connectivity index (χ2n) is 4.34. The average Bonchev–Trinajstić information content (AvgIpc) is 2.77. The topological polar surface area (TPSA) is 61.0 Å². The van der Waals surface area contributed by atoms with Crippen LogP contribution in [0.15, 0.2) is 30.5 Å². The van der Waals surface area contributed by atoms with Gasteiger partial charge in [-0.2, -0.15) is 0 Å². The highest BCUT2D eigenvalue weighted by molar-refractivity contribution is 6.03. The maximum absolute atomic E-state index is 12.0. The Kier molecular flexibility index (Phi) is 3.32. The van der Waals surface area contributed by atoms with E-state index in [1.807, 2.05) is 44.1 Å². The molecule has 2 N–H and O–H groups in total. The summed E-state index contributed by atoms with van der Waals surface area (Å²) in [5, 5.41) is 2.73. The van der Waals surface area contributed by atoms with Gasteiger partial charge in [0.05, 0.1) is 6.20 Å². The average molecular weight is 244 g/mol. The van der Waals surface area contributed by atoms with Crippen LogP contribution in [0, 0.1) is 6.92 Å². The highest BCUT2D eigenvalue weighted by Crippen LogP contribution is 2.12. The number of nitrogens with one attached hydrogen (secondary N) is 2. The number of aromatic nitrogens is 2. The van der Waals surface area contributed by atoms with Crippen molar-refractivity contribution in [1.82, 2.24) is 9.97 Å². The molecule has 0 saturated heterocycles. The van der Waals surface area contributed by atoms with Gasteiger partial charge in [-0.05, 0) is 19.1 Å². The Morgan fingerprint density at radius 1 is 1.39 bits per heavy atom. The number of imidazole rings is 1. The van der Waals surface area contributed by atoms with Crippen molar-refractivity contribution in [1.29, 1.82) is 0 Å². The van der Waals surface area contributed by atoms with Gasteiger partial charge in [0.15, 0.2) is 0 Å². The molecular formula is C13H16N4O. The number of amides is 1. The van der Waals surface area contributed by atoms with E-state index in [2.05, 4.69) is 15.3 Å². The number of hydrogen-bond acceptors (Lipinski definition) is 3. The maximum atomic E-state index is 12.0.